The molecule has 0 spiro atoms. The van der Waals surface area contributed by atoms with Crippen molar-refractivity contribution in [1.29, 1.82) is 0 Å². The predicted octanol–water partition coefficient (Wildman–Crippen LogP) is 1.24. The van der Waals surface area contributed by atoms with Gasteiger partial charge in [-0.2, -0.15) is 0 Å². The van der Waals surface area contributed by atoms with Crippen LogP contribution in [-0.2, 0) is 11.2 Å². The Morgan fingerprint density at radius 2 is 1.68 bits per heavy atom. The Balaban J connectivity index is 1.58. The molecule has 1 saturated heterocycles. The van der Waals surface area contributed by atoms with Crippen molar-refractivity contribution >= 4 is 29.2 Å². The van der Waals surface area contributed by atoms with Crippen LogP contribution in [-0.4, -0.2) is 57.8 Å². The molecule has 0 aliphatic carbocycles. The zero-order valence-electron chi connectivity index (χ0n) is 13.6. The number of carbonyl (C=O) groups is 2. The van der Waals surface area contributed by atoms with E-state index in [0.717, 1.165) is 5.56 Å². The molecule has 2 aromatic rings. The summed E-state index contributed by atoms with van der Waals surface area (Å²) in [6.45, 7) is 1.80. The van der Waals surface area contributed by atoms with Gasteiger partial charge in [0.25, 0.3) is 5.91 Å². The minimum Gasteiger partial charge on any atom is -0.382 e. The van der Waals surface area contributed by atoms with Crippen LogP contribution in [0.2, 0.25) is 5.02 Å². The van der Waals surface area contributed by atoms with Crippen LogP contribution >= 0.6 is 11.6 Å². The Morgan fingerprint density at radius 1 is 1.04 bits per heavy atom. The summed E-state index contributed by atoms with van der Waals surface area (Å²) in [5, 5.41) is 0.586. The first-order valence-corrected chi connectivity index (χ1v) is 8.31. The molecule has 25 heavy (non-hydrogen) atoms. The van der Waals surface area contributed by atoms with Crippen molar-refractivity contribution < 1.29 is 9.59 Å². The molecule has 0 radical (unpaired) electrons. The summed E-state index contributed by atoms with van der Waals surface area (Å²) in [7, 11) is 0. The summed E-state index contributed by atoms with van der Waals surface area (Å²) in [5.41, 5.74) is 6.66. The number of aromatic nitrogens is 2. The summed E-state index contributed by atoms with van der Waals surface area (Å²) in [6.07, 6.45) is 3.13. The second kappa shape index (κ2) is 7.48. The van der Waals surface area contributed by atoms with Crippen LogP contribution in [0, 0.1) is 0 Å². The topological polar surface area (TPSA) is 92.4 Å². The van der Waals surface area contributed by atoms with Crippen molar-refractivity contribution in [3.05, 3.63) is 52.9 Å². The molecule has 7 nitrogen and oxygen atoms in total. The number of nitrogen functional groups attached to an aromatic ring is 1. The summed E-state index contributed by atoms with van der Waals surface area (Å²) in [4.78, 5) is 36.2. The van der Waals surface area contributed by atoms with Gasteiger partial charge in [-0.15, -0.1) is 0 Å². The molecule has 0 bridgehead atoms. The number of hydrogen-bond donors (Lipinski definition) is 1. The molecule has 0 unspecified atom stereocenters. The summed E-state index contributed by atoms with van der Waals surface area (Å²) in [5.74, 6) is -0.146. The van der Waals surface area contributed by atoms with E-state index < -0.39 is 0 Å². The van der Waals surface area contributed by atoms with E-state index in [9.17, 15) is 9.59 Å². The number of carbonyl (C=O) groups excluding carboxylic acids is 2. The number of hydrogen-bond acceptors (Lipinski definition) is 5. The molecule has 130 valence electrons. The molecule has 2 amide bonds. The van der Waals surface area contributed by atoms with E-state index in [2.05, 4.69) is 9.97 Å². The van der Waals surface area contributed by atoms with Gasteiger partial charge in [0.1, 0.15) is 0 Å². The molecule has 1 aromatic heterocycles. The fraction of sp³-hybridized carbons (Fsp3) is 0.294. The fourth-order valence-corrected chi connectivity index (χ4v) is 2.94. The molecule has 0 saturated carbocycles. The Hall–Kier alpha value is -2.67. The Morgan fingerprint density at radius 3 is 2.36 bits per heavy atom. The Bertz CT molecular complexity index is 790. The van der Waals surface area contributed by atoms with Crippen LogP contribution in [0.3, 0.4) is 0 Å². The number of rotatable bonds is 3. The molecule has 1 aliphatic rings. The molecule has 2 N–H and O–H groups in total. The third-order valence-corrected chi connectivity index (χ3v) is 4.52. The lowest BCUT2D eigenvalue weighted by molar-refractivity contribution is -0.131. The number of nitrogens with two attached hydrogens (primary N) is 1. The first-order chi connectivity index (χ1) is 12.1. The number of anilines is 1. The maximum absolute atomic E-state index is 12.5. The van der Waals surface area contributed by atoms with Crippen molar-refractivity contribution in [2.75, 3.05) is 31.9 Å². The van der Waals surface area contributed by atoms with Gasteiger partial charge in [-0.3, -0.25) is 9.59 Å². The normalized spacial score (nSPS) is 14.4. The monoisotopic (exact) mass is 359 g/mol. The van der Waals surface area contributed by atoms with Crippen molar-refractivity contribution in [3.8, 4) is 0 Å². The van der Waals surface area contributed by atoms with Crippen LogP contribution in [0.1, 0.15) is 16.1 Å². The van der Waals surface area contributed by atoms with Crippen molar-refractivity contribution in [3.63, 3.8) is 0 Å². The van der Waals surface area contributed by atoms with E-state index in [1.165, 1.54) is 12.4 Å². The number of amides is 2. The largest absolute Gasteiger partial charge is 0.382 e. The summed E-state index contributed by atoms with van der Waals surface area (Å²) >= 11 is 6.11. The van der Waals surface area contributed by atoms with Gasteiger partial charge in [0.2, 0.25) is 5.91 Å². The SMILES string of the molecule is Nc1nccnc1C(=O)N1CCN(C(=O)Cc2ccccc2Cl)CC1. The lowest BCUT2D eigenvalue weighted by atomic mass is 10.1. The smallest absolute Gasteiger partial charge is 0.276 e. The highest BCUT2D eigenvalue weighted by atomic mass is 35.5. The van der Waals surface area contributed by atoms with Crippen LogP contribution in [0.5, 0.6) is 0 Å². The van der Waals surface area contributed by atoms with Gasteiger partial charge < -0.3 is 15.5 Å². The number of piperazine rings is 1. The highest BCUT2D eigenvalue weighted by Gasteiger charge is 2.26. The van der Waals surface area contributed by atoms with E-state index in [1.807, 2.05) is 18.2 Å². The molecule has 0 atom stereocenters. The third kappa shape index (κ3) is 3.88. The molecule has 2 heterocycles. The van der Waals surface area contributed by atoms with Gasteiger partial charge in [-0.25, -0.2) is 9.97 Å². The number of halogens is 1. The molecule has 3 rings (SSSR count). The summed E-state index contributed by atoms with van der Waals surface area (Å²) < 4.78 is 0. The lowest BCUT2D eigenvalue weighted by Crippen LogP contribution is -2.51. The van der Waals surface area contributed by atoms with Gasteiger partial charge in [0.05, 0.1) is 6.42 Å². The highest BCUT2D eigenvalue weighted by molar-refractivity contribution is 6.31. The van der Waals surface area contributed by atoms with Crippen LogP contribution in [0.4, 0.5) is 5.82 Å². The lowest BCUT2D eigenvalue weighted by Gasteiger charge is -2.34. The first-order valence-electron chi connectivity index (χ1n) is 7.93. The molecule has 1 aromatic carbocycles. The number of nitrogens with zero attached hydrogens (tertiary/aromatic N) is 4. The van der Waals surface area contributed by atoms with Gasteiger partial charge in [0.15, 0.2) is 11.5 Å². The maximum atomic E-state index is 12.5. The minimum atomic E-state index is -0.260. The first kappa shape index (κ1) is 17.2. The molecule has 8 heteroatoms. The van der Waals surface area contributed by atoms with E-state index in [-0.39, 0.29) is 29.7 Å². The Labute approximate surface area is 150 Å². The average molecular weight is 360 g/mol. The maximum Gasteiger partial charge on any atom is 0.276 e. The average Bonchev–Trinajstić information content (AvgIpc) is 2.63. The van der Waals surface area contributed by atoms with Crippen LogP contribution in [0.15, 0.2) is 36.7 Å². The predicted molar refractivity (Wildman–Crippen MR) is 94.1 cm³/mol. The fourth-order valence-electron chi connectivity index (χ4n) is 2.74. The molecule has 1 fully saturated rings. The van der Waals surface area contributed by atoms with E-state index in [4.69, 9.17) is 17.3 Å². The van der Waals surface area contributed by atoms with Crippen LogP contribution < -0.4 is 5.73 Å². The van der Waals surface area contributed by atoms with Gasteiger partial charge in [0, 0.05) is 43.6 Å². The van der Waals surface area contributed by atoms with Gasteiger partial charge in [-0.1, -0.05) is 29.8 Å². The molecule has 1 aliphatic heterocycles. The molecular formula is C17H18ClN5O2. The standard InChI is InChI=1S/C17H18ClN5O2/c18-13-4-2-1-3-12(13)11-14(24)22-7-9-23(10-8-22)17(25)15-16(19)21-6-5-20-15/h1-6H,7-11H2,(H2,19,21). The quantitative estimate of drug-likeness (QED) is 0.890. The zero-order valence-corrected chi connectivity index (χ0v) is 14.3. The van der Waals surface area contributed by atoms with E-state index in [1.54, 1.807) is 15.9 Å². The second-order valence-electron chi connectivity index (χ2n) is 5.73. The minimum absolute atomic E-state index is 0.000726. The second-order valence-corrected chi connectivity index (χ2v) is 6.14. The zero-order chi connectivity index (χ0) is 17.8. The highest BCUT2D eigenvalue weighted by Crippen LogP contribution is 2.17. The van der Waals surface area contributed by atoms with E-state index >= 15 is 0 Å². The Kier molecular flexibility index (Phi) is 5.14. The van der Waals surface area contributed by atoms with Crippen molar-refractivity contribution in [2.24, 2.45) is 0 Å². The van der Waals surface area contributed by atoms with E-state index in [0.29, 0.717) is 31.2 Å². The number of benzene rings is 1. The molecular weight excluding hydrogens is 342 g/mol. The van der Waals surface area contributed by atoms with Gasteiger partial charge >= 0.3 is 0 Å². The third-order valence-electron chi connectivity index (χ3n) is 4.15. The van der Waals surface area contributed by atoms with Crippen molar-refractivity contribution in [2.45, 2.75) is 6.42 Å². The van der Waals surface area contributed by atoms with Crippen LogP contribution in [0.25, 0.3) is 0 Å². The van der Waals surface area contributed by atoms with Crippen molar-refractivity contribution in [1.82, 2.24) is 19.8 Å². The van der Waals surface area contributed by atoms with Gasteiger partial charge in [-0.05, 0) is 11.6 Å². The summed E-state index contributed by atoms with van der Waals surface area (Å²) in [6, 6.07) is 7.30.